The smallest absolute Gasteiger partial charge is 0.265 e. The van der Waals surface area contributed by atoms with Gasteiger partial charge in [-0.25, -0.2) is 4.98 Å². The van der Waals surface area contributed by atoms with Crippen LogP contribution in [0.25, 0.3) is 0 Å². The zero-order chi connectivity index (χ0) is 13.0. The van der Waals surface area contributed by atoms with Crippen LogP contribution in [0.2, 0.25) is 0 Å². The maximum Gasteiger partial charge on any atom is 0.265 e. The van der Waals surface area contributed by atoms with E-state index in [4.69, 9.17) is 0 Å². The zero-order valence-electron chi connectivity index (χ0n) is 11.1. The van der Waals surface area contributed by atoms with Crippen LogP contribution in [0.1, 0.15) is 35.1 Å². The number of amides is 1. The molecule has 1 atom stereocenters. The third-order valence-corrected chi connectivity index (χ3v) is 4.40. The van der Waals surface area contributed by atoms with Gasteiger partial charge in [-0.1, -0.05) is 0 Å². The van der Waals surface area contributed by atoms with Crippen LogP contribution in [0.3, 0.4) is 0 Å². The molecule has 1 aromatic heterocycles. The molecule has 1 saturated heterocycles. The Hall–Kier alpha value is -0.940. The number of hydrogen-bond donors (Lipinski definition) is 1. The van der Waals surface area contributed by atoms with Gasteiger partial charge in [0.1, 0.15) is 4.88 Å². The number of piperidine rings is 1. The van der Waals surface area contributed by atoms with Crippen molar-refractivity contribution >= 4 is 17.2 Å². The van der Waals surface area contributed by atoms with Crippen LogP contribution in [0.4, 0.5) is 0 Å². The Balaban J connectivity index is 1.99. The highest BCUT2D eigenvalue weighted by Crippen LogP contribution is 2.18. The molecule has 0 aromatic carbocycles. The molecule has 100 valence electrons. The molecule has 1 fully saturated rings. The third-order valence-electron chi connectivity index (χ3n) is 3.49. The van der Waals surface area contributed by atoms with Crippen molar-refractivity contribution in [2.45, 2.75) is 26.7 Å². The molecule has 0 saturated carbocycles. The maximum atomic E-state index is 12.4. The second-order valence-corrected chi connectivity index (χ2v) is 5.68. The number of nitrogens with zero attached hydrogens (tertiary/aromatic N) is 2. The summed E-state index contributed by atoms with van der Waals surface area (Å²) in [5.41, 5.74) is 2.60. The van der Waals surface area contributed by atoms with Crippen LogP contribution in [-0.2, 0) is 0 Å². The number of thiazole rings is 1. The zero-order valence-corrected chi connectivity index (χ0v) is 11.9. The minimum atomic E-state index is 0.142. The molecule has 1 aliphatic rings. The van der Waals surface area contributed by atoms with E-state index in [-0.39, 0.29) is 5.91 Å². The van der Waals surface area contributed by atoms with Crippen LogP contribution in [0.15, 0.2) is 5.51 Å². The highest BCUT2D eigenvalue weighted by molar-refractivity contribution is 7.11. The van der Waals surface area contributed by atoms with Crippen molar-refractivity contribution in [2.75, 3.05) is 26.2 Å². The van der Waals surface area contributed by atoms with Crippen molar-refractivity contribution in [3.63, 3.8) is 0 Å². The molecule has 2 heterocycles. The van der Waals surface area contributed by atoms with Gasteiger partial charge >= 0.3 is 0 Å². The van der Waals surface area contributed by atoms with Gasteiger partial charge in [0.15, 0.2) is 0 Å². The van der Waals surface area contributed by atoms with E-state index in [1.54, 1.807) is 5.51 Å². The molecule has 1 aliphatic heterocycles. The number of nitrogens with one attached hydrogen (secondary N) is 1. The molecule has 1 amide bonds. The van der Waals surface area contributed by atoms with Crippen molar-refractivity contribution in [1.29, 1.82) is 0 Å². The normalized spacial score (nSPS) is 19.8. The number of aromatic nitrogens is 1. The first-order valence-corrected chi connectivity index (χ1v) is 7.50. The molecule has 2 rings (SSSR count). The molecule has 18 heavy (non-hydrogen) atoms. The second kappa shape index (κ2) is 6.29. The predicted octanol–water partition coefficient (Wildman–Crippen LogP) is 1.91. The summed E-state index contributed by atoms with van der Waals surface area (Å²) in [6.45, 7) is 7.73. The molecule has 0 aliphatic carbocycles. The van der Waals surface area contributed by atoms with Gasteiger partial charge < -0.3 is 10.2 Å². The van der Waals surface area contributed by atoms with Crippen LogP contribution in [0, 0.1) is 12.8 Å². The van der Waals surface area contributed by atoms with Crippen LogP contribution < -0.4 is 5.32 Å². The quantitative estimate of drug-likeness (QED) is 0.906. The Morgan fingerprint density at radius 2 is 2.50 bits per heavy atom. The highest BCUT2D eigenvalue weighted by atomic mass is 32.1. The highest BCUT2D eigenvalue weighted by Gasteiger charge is 2.22. The molecule has 0 bridgehead atoms. The average molecular weight is 267 g/mol. The number of carbonyl (C=O) groups is 1. The lowest BCUT2D eigenvalue weighted by atomic mass is 9.99. The SMILES string of the molecule is CCN(CC1CCCNC1)C(=O)c1scnc1C. The number of aryl methyl sites for hydroxylation is 1. The largest absolute Gasteiger partial charge is 0.338 e. The Morgan fingerprint density at radius 1 is 1.67 bits per heavy atom. The maximum absolute atomic E-state index is 12.4. The molecule has 1 aromatic rings. The van der Waals surface area contributed by atoms with Crippen LogP contribution in [-0.4, -0.2) is 42.0 Å². The van der Waals surface area contributed by atoms with Crippen LogP contribution in [0.5, 0.6) is 0 Å². The molecule has 4 nitrogen and oxygen atoms in total. The fourth-order valence-electron chi connectivity index (χ4n) is 2.40. The van der Waals surface area contributed by atoms with Crippen molar-refractivity contribution < 1.29 is 4.79 Å². The van der Waals surface area contributed by atoms with Gasteiger partial charge in [-0.15, -0.1) is 11.3 Å². The Labute approximate surface area is 112 Å². The minimum Gasteiger partial charge on any atom is -0.338 e. The summed E-state index contributed by atoms with van der Waals surface area (Å²) >= 11 is 1.45. The summed E-state index contributed by atoms with van der Waals surface area (Å²) in [6, 6.07) is 0. The molecular weight excluding hydrogens is 246 g/mol. The number of rotatable bonds is 4. The molecule has 1 unspecified atom stereocenters. The lowest BCUT2D eigenvalue weighted by Gasteiger charge is -2.29. The average Bonchev–Trinajstić information content (AvgIpc) is 2.82. The Bertz CT molecular complexity index is 399. The molecular formula is C13H21N3OS. The fraction of sp³-hybridized carbons (Fsp3) is 0.692. The minimum absolute atomic E-state index is 0.142. The van der Waals surface area contributed by atoms with Crippen molar-refractivity contribution in [3.05, 3.63) is 16.1 Å². The lowest BCUT2D eigenvalue weighted by Crippen LogP contribution is -2.40. The first-order valence-electron chi connectivity index (χ1n) is 6.62. The third kappa shape index (κ3) is 3.09. The van der Waals surface area contributed by atoms with Crippen LogP contribution >= 0.6 is 11.3 Å². The Kier molecular flexibility index (Phi) is 4.72. The molecule has 1 N–H and O–H groups in total. The summed E-state index contributed by atoms with van der Waals surface area (Å²) in [5, 5.41) is 3.40. The van der Waals surface area contributed by atoms with E-state index in [2.05, 4.69) is 10.3 Å². The van der Waals surface area contributed by atoms with Crippen molar-refractivity contribution in [3.8, 4) is 0 Å². The number of hydrogen-bond acceptors (Lipinski definition) is 4. The summed E-state index contributed by atoms with van der Waals surface area (Å²) < 4.78 is 0. The summed E-state index contributed by atoms with van der Waals surface area (Å²) in [5.74, 6) is 0.735. The lowest BCUT2D eigenvalue weighted by molar-refractivity contribution is 0.0733. The first kappa shape index (κ1) is 13.5. The van der Waals surface area contributed by atoms with Gasteiger partial charge in [0.05, 0.1) is 11.2 Å². The number of carbonyl (C=O) groups excluding carboxylic acids is 1. The molecule has 0 spiro atoms. The van der Waals surface area contributed by atoms with Crippen molar-refractivity contribution in [2.24, 2.45) is 5.92 Å². The van der Waals surface area contributed by atoms with E-state index in [1.165, 1.54) is 24.2 Å². The predicted molar refractivity (Wildman–Crippen MR) is 74.0 cm³/mol. The van der Waals surface area contributed by atoms with Gasteiger partial charge in [-0.05, 0) is 45.7 Å². The topological polar surface area (TPSA) is 45.2 Å². The summed E-state index contributed by atoms with van der Waals surface area (Å²) in [7, 11) is 0. The van der Waals surface area contributed by atoms with E-state index >= 15 is 0 Å². The second-order valence-electron chi connectivity index (χ2n) is 4.82. The monoisotopic (exact) mass is 267 g/mol. The van der Waals surface area contributed by atoms with E-state index in [1.807, 2.05) is 18.7 Å². The molecule has 5 heteroatoms. The standard InChI is InChI=1S/C13H21N3OS/c1-3-16(8-11-5-4-6-14-7-11)13(17)12-10(2)15-9-18-12/h9,11,14H,3-8H2,1-2H3. The Morgan fingerprint density at radius 3 is 3.06 bits per heavy atom. The van der Waals surface area contributed by atoms with E-state index in [9.17, 15) is 4.79 Å². The van der Waals surface area contributed by atoms with E-state index < -0.39 is 0 Å². The van der Waals surface area contributed by atoms with Gasteiger partial charge in [0.2, 0.25) is 0 Å². The van der Waals surface area contributed by atoms with Gasteiger partial charge in [-0.3, -0.25) is 4.79 Å². The van der Waals surface area contributed by atoms with Gasteiger partial charge in [-0.2, -0.15) is 0 Å². The molecule has 0 radical (unpaired) electrons. The van der Waals surface area contributed by atoms with Gasteiger partial charge in [0, 0.05) is 13.1 Å². The fourth-order valence-corrected chi connectivity index (χ4v) is 3.17. The van der Waals surface area contributed by atoms with Gasteiger partial charge in [0.25, 0.3) is 5.91 Å². The summed E-state index contributed by atoms with van der Waals surface area (Å²) in [6.07, 6.45) is 2.44. The van der Waals surface area contributed by atoms with Crippen molar-refractivity contribution in [1.82, 2.24) is 15.2 Å². The summed E-state index contributed by atoms with van der Waals surface area (Å²) in [4.78, 5) is 19.3. The van der Waals surface area contributed by atoms with E-state index in [0.29, 0.717) is 5.92 Å². The first-order chi connectivity index (χ1) is 8.72. The van der Waals surface area contributed by atoms with E-state index in [0.717, 1.165) is 36.8 Å².